The molecule has 0 aliphatic rings. The molecule has 0 amide bonds. The van der Waals surface area contributed by atoms with Gasteiger partial charge in [0.25, 0.3) is 0 Å². The fraction of sp³-hybridized carbons (Fsp3) is 0.636. The van der Waals surface area contributed by atoms with Gasteiger partial charge in [0.05, 0.1) is 0 Å². The van der Waals surface area contributed by atoms with E-state index < -0.39 is 0 Å². The second kappa shape index (κ2) is 4.38. The molecule has 0 unspecified atom stereocenters. The van der Waals surface area contributed by atoms with Gasteiger partial charge in [-0.25, -0.2) is 0 Å². The minimum atomic E-state index is 0.671. The summed E-state index contributed by atoms with van der Waals surface area (Å²) in [5.74, 6) is 0.671. The van der Waals surface area contributed by atoms with E-state index in [9.17, 15) is 0 Å². The highest BCUT2D eigenvalue weighted by Gasteiger charge is 2.01. The molecule has 0 saturated carbocycles. The van der Waals surface area contributed by atoms with Crippen molar-refractivity contribution < 1.29 is 0 Å². The van der Waals surface area contributed by atoms with Crippen LogP contribution in [-0.2, 0) is 0 Å². The predicted molar refractivity (Wildman–Crippen MR) is 52.6 cm³/mol. The summed E-state index contributed by atoms with van der Waals surface area (Å²) in [5.41, 5.74) is 4.35. The van der Waals surface area contributed by atoms with Crippen molar-refractivity contribution in [1.29, 1.82) is 0 Å². The van der Waals surface area contributed by atoms with Gasteiger partial charge in [0.2, 0.25) is 0 Å². The Morgan fingerprint density at radius 3 is 1.82 bits per heavy atom. The Morgan fingerprint density at radius 2 is 1.55 bits per heavy atom. The van der Waals surface area contributed by atoms with Crippen molar-refractivity contribution in [2.45, 2.75) is 41.5 Å². The van der Waals surface area contributed by atoms with Gasteiger partial charge in [0.15, 0.2) is 0 Å². The van der Waals surface area contributed by atoms with Crippen molar-refractivity contribution in [2.24, 2.45) is 5.92 Å². The summed E-state index contributed by atoms with van der Waals surface area (Å²) in [4.78, 5) is 0. The van der Waals surface area contributed by atoms with Crippen LogP contribution >= 0.6 is 0 Å². The molecule has 0 spiro atoms. The van der Waals surface area contributed by atoms with Crippen LogP contribution in [0.1, 0.15) is 41.5 Å². The first-order valence-corrected chi connectivity index (χ1v) is 4.31. The molecule has 0 saturated heterocycles. The fourth-order valence-electron chi connectivity index (χ4n) is 0.961. The molecule has 0 aromatic heterocycles. The van der Waals surface area contributed by atoms with Crippen molar-refractivity contribution in [1.82, 2.24) is 0 Å². The smallest absolute Gasteiger partial charge is 0.0257 e. The van der Waals surface area contributed by atoms with Gasteiger partial charge < -0.3 is 0 Å². The minimum absolute atomic E-state index is 0.671. The highest BCUT2D eigenvalue weighted by Crippen LogP contribution is 2.19. The van der Waals surface area contributed by atoms with Gasteiger partial charge in [-0.05, 0) is 39.2 Å². The summed E-state index contributed by atoms with van der Waals surface area (Å²) < 4.78 is 0. The maximum absolute atomic E-state index is 2.24. The molecule has 0 atom stereocenters. The number of hydrogen-bond donors (Lipinski definition) is 0. The first-order chi connectivity index (χ1) is 5.00. The topological polar surface area (TPSA) is 0 Å². The van der Waals surface area contributed by atoms with Gasteiger partial charge in [-0.2, -0.15) is 0 Å². The molecule has 0 nitrogen and oxygen atoms in total. The molecule has 64 valence electrons. The molecule has 0 aliphatic carbocycles. The van der Waals surface area contributed by atoms with Crippen molar-refractivity contribution in [3.8, 4) is 0 Å². The van der Waals surface area contributed by atoms with Gasteiger partial charge in [0.1, 0.15) is 0 Å². The van der Waals surface area contributed by atoms with E-state index in [1.54, 1.807) is 0 Å². The molecule has 11 heavy (non-hydrogen) atoms. The summed E-state index contributed by atoms with van der Waals surface area (Å²) in [5, 5.41) is 0. The van der Waals surface area contributed by atoms with Crippen LogP contribution in [0, 0.1) is 5.92 Å². The monoisotopic (exact) mass is 152 g/mol. The molecule has 0 bridgehead atoms. The van der Waals surface area contributed by atoms with Gasteiger partial charge in [-0.1, -0.05) is 31.1 Å². The Hall–Kier alpha value is -0.520. The maximum Gasteiger partial charge on any atom is -0.0257 e. The minimum Gasteiger partial charge on any atom is -0.0845 e. The zero-order chi connectivity index (χ0) is 9.02. The van der Waals surface area contributed by atoms with Crippen LogP contribution in [0.4, 0.5) is 0 Å². The van der Waals surface area contributed by atoms with E-state index in [2.05, 4.69) is 47.6 Å². The Bertz CT molecular complexity index is 180. The third kappa shape index (κ3) is 2.92. The normalized spacial score (nSPS) is 15.4. The number of hydrogen-bond acceptors (Lipinski definition) is 0. The largest absolute Gasteiger partial charge is 0.0845 e. The molecule has 0 aromatic rings. The highest BCUT2D eigenvalue weighted by atomic mass is 14.1. The molecule has 0 heteroatoms. The molecule has 0 rings (SSSR count). The Kier molecular flexibility index (Phi) is 4.17. The van der Waals surface area contributed by atoms with Crippen LogP contribution < -0.4 is 0 Å². The van der Waals surface area contributed by atoms with E-state index in [0.29, 0.717) is 5.92 Å². The highest BCUT2D eigenvalue weighted by molar-refractivity contribution is 5.31. The molecule has 0 heterocycles. The molecule has 0 N–H and O–H groups in total. The lowest BCUT2D eigenvalue weighted by atomic mass is 9.96. The fourth-order valence-corrected chi connectivity index (χ4v) is 0.961. The lowest BCUT2D eigenvalue weighted by Gasteiger charge is -2.11. The Balaban J connectivity index is 4.67. The number of rotatable bonds is 2. The standard InChI is InChI=1S/C11H20/c1-7-9(4)11(6)10(5)8(2)3/h7-8H,1-6H3/b9-7+,11-10-. The van der Waals surface area contributed by atoms with Crippen molar-refractivity contribution >= 4 is 0 Å². The summed E-state index contributed by atoms with van der Waals surface area (Å²) in [7, 11) is 0. The van der Waals surface area contributed by atoms with Crippen LogP contribution in [-0.4, -0.2) is 0 Å². The van der Waals surface area contributed by atoms with Gasteiger partial charge in [0, 0.05) is 0 Å². The first-order valence-electron chi connectivity index (χ1n) is 4.31. The van der Waals surface area contributed by atoms with Crippen LogP contribution in [0.25, 0.3) is 0 Å². The lowest BCUT2D eigenvalue weighted by Crippen LogP contribution is -1.94. The van der Waals surface area contributed by atoms with E-state index in [0.717, 1.165) is 0 Å². The molecule has 0 radical (unpaired) electrons. The average Bonchev–Trinajstić information content (AvgIpc) is 2.00. The van der Waals surface area contributed by atoms with E-state index in [1.807, 2.05) is 0 Å². The third-order valence-corrected chi connectivity index (χ3v) is 2.48. The zero-order valence-electron chi connectivity index (χ0n) is 8.65. The van der Waals surface area contributed by atoms with E-state index >= 15 is 0 Å². The predicted octanol–water partition coefficient (Wildman–Crippen LogP) is 3.95. The maximum atomic E-state index is 2.24. The second-order valence-corrected chi connectivity index (χ2v) is 3.43. The van der Waals surface area contributed by atoms with Crippen LogP contribution in [0.5, 0.6) is 0 Å². The van der Waals surface area contributed by atoms with Gasteiger partial charge in [-0.15, -0.1) is 0 Å². The molecule has 0 aliphatic heterocycles. The van der Waals surface area contributed by atoms with Crippen LogP contribution in [0.3, 0.4) is 0 Å². The Morgan fingerprint density at radius 1 is 1.09 bits per heavy atom. The summed E-state index contributed by atoms with van der Waals surface area (Å²) in [6.45, 7) is 13.1. The van der Waals surface area contributed by atoms with Crippen LogP contribution in [0.2, 0.25) is 0 Å². The zero-order valence-corrected chi connectivity index (χ0v) is 8.65. The third-order valence-electron chi connectivity index (χ3n) is 2.48. The van der Waals surface area contributed by atoms with E-state index in [-0.39, 0.29) is 0 Å². The summed E-state index contributed by atoms with van der Waals surface area (Å²) >= 11 is 0. The van der Waals surface area contributed by atoms with Crippen LogP contribution in [0.15, 0.2) is 22.8 Å². The summed E-state index contributed by atoms with van der Waals surface area (Å²) in [6.07, 6.45) is 2.17. The number of allylic oxidation sites excluding steroid dienone is 4. The molecule has 0 aromatic carbocycles. The lowest BCUT2D eigenvalue weighted by molar-refractivity contribution is 0.758. The van der Waals surface area contributed by atoms with E-state index in [4.69, 9.17) is 0 Å². The Labute approximate surface area is 71.0 Å². The first kappa shape index (κ1) is 10.5. The average molecular weight is 152 g/mol. The SMILES string of the molecule is C/C=C(C)/C(C)=C(/C)C(C)C. The molecular weight excluding hydrogens is 132 g/mol. The second-order valence-electron chi connectivity index (χ2n) is 3.43. The van der Waals surface area contributed by atoms with Crippen molar-refractivity contribution in [2.75, 3.05) is 0 Å². The summed E-state index contributed by atoms with van der Waals surface area (Å²) in [6, 6.07) is 0. The van der Waals surface area contributed by atoms with Crippen molar-refractivity contribution in [3.63, 3.8) is 0 Å². The quantitative estimate of drug-likeness (QED) is 0.526. The van der Waals surface area contributed by atoms with Gasteiger partial charge in [-0.3, -0.25) is 0 Å². The molecule has 0 fully saturated rings. The molecular formula is C11H20. The van der Waals surface area contributed by atoms with Crippen molar-refractivity contribution in [3.05, 3.63) is 22.8 Å². The van der Waals surface area contributed by atoms with E-state index in [1.165, 1.54) is 16.7 Å². The van der Waals surface area contributed by atoms with Gasteiger partial charge >= 0.3 is 0 Å².